The minimum absolute atomic E-state index is 0.231. The molecule has 2 aromatic heterocycles. The van der Waals surface area contributed by atoms with Gasteiger partial charge in [0.05, 0.1) is 29.8 Å². The molecule has 3 rings (SSSR count). The van der Waals surface area contributed by atoms with Crippen molar-refractivity contribution in [2.75, 3.05) is 5.32 Å². The zero-order chi connectivity index (χ0) is 19.6. The molecule has 0 spiro atoms. The van der Waals surface area contributed by atoms with Gasteiger partial charge in [-0.25, -0.2) is 4.39 Å². The second kappa shape index (κ2) is 7.57. The molecule has 0 radical (unpaired) electrons. The molecule has 0 unspecified atom stereocenters. The minimum Gasteiger partial charge on any atom is -0.319 e. The lowest BCUT2D eigenvalue weighted by molar-refractivity contribution is -0.111. The molecule has 1 amide bonds. The van der Waals surface area contributed by atoms with Gasteiger partial charge >= 0.3 is 0 Å². The second-order valence-corrected chi connectivity index (χ2v) is 6.46. The molecule has 0 saturated carbocycles. The van der Waals surface area contributed by atoms with Gasteiger partial charge in [0.2, 0.25) is 5.91 Å². The van der Waals surface area contributed by atoms with E-state index >= 15 is 0 Å². The lowest BCUT2D eigenvalue weighted by Crippen LogP contribution is -2.10. The van der Waals surface area contributed by atoms with Crippen LogP contribution < -0.4 is 5.32 Å². The molecule has 0 fully saturated rings. The molecule has 0 aliphatic rings. The summed E-state index contributed by atoms with van der Waals surface area (Å²) in [7, 11) is 1.86. The van der Waals surface area contributed by atoms with Gasteiger partial charge in [0, 0.05) is 24.4 Å². The molecule has 1 aromatic carbocycles. The summed E-state index contributed by atoms with van der Waals surface area (Å²) in [5.74, 6) is -0.499. The number of carbonyl (C=O) groups excluding carboxylic acids is 1. The Morgan fingerprint density at radius 2 is 1.89 bits per heavy atom. The highest BCUT2D eigenvalue weighted by atomic mass is 19.1. The quantitative estimate of drug-likeness (QED) is 0.703. The third-order valence-corrected chi connectivity index (χ3v) is 4.56. The third kappa shape index (κ3) is 4.13. The fourth-order valence-electron chi connectivity index (χ4n) is 2.80. The highest BCUT2D eigenvalue weighted by Gasteiger charge is 2.13. The number of hydrogen-bond donors (Lipinski definition) is 1. The Morgan fingerprint density at radius 1 is 1.19 bits per heavy atom. The van der Waals surface area contributed by atoms with E-state index in [4.69, 9.17) is 0 Å². The van der Waals surface area contributed by atoms with Gasteiger partial charge in [0.1, 0.15) is 5.82 Å². The lowest BCUT2D eigenvalue weighted by Gasteiger charge is -2.06. The SMILES string of the molecule is Cc1nn(Cc2ccc(F)cc2)c(C)c1NC(=O)/C=C/c1cnn(C)c1C. The van der Waals surface area contributed by atoms with Crippen molar-refractivity contribution in [2.45, 2.75) is 27.3 Å². The van der Waals surface area contributed by atoms with E-state index in [2.05, 4.69) is 15.5 Å². The topological polar surface area (TPSA) is 64.7 Å². The van der Waals surface area contributed by atoms with E-state index in [-0.39, 0.29) is 11.7 Å². The van der Waals surface area contributed by atoms with Gasteiger partial charge in [0.25, 0.3) is 0 Å². The molecule has 3 aromatic rings. The van der Waals surface area contributed by atoms with Gasteiger partial charge in [-0.05, 0) is 44.5 Å². The van der Waals surface area contributed by atoms with Crippen molar-refractivity contribution in [2.24, 2.45) is 7.05 Å². The molecule has 7 heteroatoms. The summed E-state index contributed by atoms with van der Waals surface area (Å²) in [6.45, 7) is 6.19. The Hall–Kier alpha value is -3.22. The molecule has 0 bridgehead atoms. The maximum atomic E-state index is 13.1. The largest absolute Gasteiger partial charge is 0.319 e. The van der Waals surface area contributed by atoms with E-state index in [9.17, 15) is 9.18 Å². The Bertz CT molecular complexity index is 998. The van der Waals surface area contributed by atoms with E-state index < -0.39 is 0 Å². The fourth-order valence-corrected chi connectivity index (χ4v) is 2.80. The molecule has 140 valence electrons. The van der Waals surface area contributed by atoms with Crippen LogP contribution in [0.15, 0.2) is 36.5 Å². The van der Waals surface area contributed by atoms with Crippen LogP contribution in [-0.4, -0.2) is 25.5 Å². The van der Waals surface area contributed by atoms with Crippen LogP contribution in [0.5, 0.6) is 0 Å². The lowest BCUT2D eigenvalue weighted by atomic mass is 10.2. The number of amides is 1. The van der Waals surface area contributed by atoms with Crippen molar-refractivity contribution in [3.8, 4) is 0 Å². The highest BCUT2D eigenvalue weighted by Crippen LogP contribution is 2.21. The van der Waals surface area contributed by atoms with Crippen LogP contribution in [0.4, 0.5) is 10.1 Å². The molecule has 1 N–H and O–H groups in total. The molecule has 0 aliphatic heterocycles. The second-order valence-electron chi connectivity index (χ2n) is 6.46. The Balaban J connectivity index is 1.73. The van der Waals surface area contributed by atoms with Crippen molar-refractivity contribution < 1.29 is 9.18 Å². The molecule has 0 atom stereocenters. The average molecular weight is 367 g/mol. The predicted octanol–water partition coefficient (Wildman–Crippen LogP) is 3.38. The average Bonchev–Trinajstić information content (AvgIpc) is 3.09. The number of nitrogens with one attached hydrogen (secondary N) is 1. The first-order valence-corrected chi connectivity index (χ1v) is 8.61. The van der Waals surface area contributed by atoms with E-state index in [1.165, 1.54) is 18.2 Å². The number of benzene rings is 1. The smallest absolute Gasteiger partial charge is 0.248 e. The van der Waals surface area contributed by atoms with Gasteiger partial charge in [-0.1, -0.05) is 12.1 Å². The van der Waals surface area contributed by atoms with Crippen molar-refractivity contribution in [1.29, 1.82) is 0 Å². The summed E-state index contributed by atoms with van der Waals surface area (Å²) in [5, 5.41) is 11.5. The zero-order valence-corrected chi connectivity index (χ0v) is 15.8. The fraction of sp³-hybridized carbons (Fsp3) is 0.250. The number of hydrogen-bond acceptors (Lipinski definition) is 3. The number of carbonyl (C=O) groups is 1. The van der Waals surface area contributed by atoms with E-state index in [1.54, 1.807) is 33.8 Å². The molecule has 0 aliphatic carbocycles. The summed E-state index contributed by atoms with van der Waals surface area (Å²) in [4.78, 5) is 12.3. The first-order chi connectivity index (χ1) is 12.8. The number of rotatable bonds is 5. The van der Waals surface area contributed by atoms with Gasteiger partial charge in [-0.15, -0.1) is 0 Å². The molecule has 27 heavy (non-hydrogen) atoms. The normalized spacial score (nSPS) is 11.3. The summed E-state index contributed by atoms with van der Waals surface area (Å²) in [6, 6.07) is 6.30. The summed E-state index contributed by atoms with van der Waals surface area (Å²) in [6.07, 6.45) is 4.95. The maximum absolute atomic E-state index is 13.1. The molecule has 2 heterocycles. The van der Waals surface area contributed by atoms with E-state index in [0.29, 0.717) is 12.2 Å². The molecule has 0 saturated heterocycles. The monoisotopic (exact) mass is 367 g/mol. The highest BCUT2D eigenvalue weighted by molar-refractivity contribution is 6.02. The number of nitrogens with zero attached hydrogens (tertiary/aromatic N) is 4. The number of aromatic nitrogens is 4. The van der Waals surface area contributed by atoms with Crippen LogP contribution in [0.2, 0.25) is 0 Å². The first-order valence-electron chi connectivity index (χ1n) is 8.61. The van der Waals surface area contributed by atoms with Gasteiger partial charge in [-0.3, -0.25) is 14.2 Å². The summed E-state index contributed by atoms with van der Waals surface area (Å²) >= 11 is 0. The molecular weight excluding hydrogens is 345 g/mol. The maximum Gasteiger partial charge on any atom is 0.248 e. The summed E-state index contributed by atoms with van der Waals surface area (Å²) < 4.78 is 16.6. The van der Waals surface area contributed by atoms with E-state index in [0.717, 1.165) is 28.2 Å². The minimum atomic E-state index is -0.268. The Morgan fingerprint density at radius 3 is 2.52 bits per heavy atom. The van der Waals surface area contributed by atoms with Gasteiger partial charge < -0.3 is 5.32 Å². The number of aryl methyl sites for hydroxylation is 2. The van der Waals surface area contributed by atoms with Crippen LogP contribution in [0.1, 0.15) is 28.2 Å². The van der Waals surface area contributed by atoms with Gasteiger partial charge in [-0.2, -0.15) is 10.2 Å². The van der Waals surface area contributed by atoms with Crippen LogP contribution in [0.25, 0.3) is 6.08 Å². The van der Waals surface area contributed by atoms with Crippen LogP contribution in [0, 0.1) is 26.6 Å². The van der Waals surface area contributed by atoms with Crippen LogP contribution in [0.3, 0.4) is 0 Å². The standard InChI is InChI=1S/C20H22FN5O/c1-13-20(23-19(27)10-7-17-11-22-25(4)14(17)2)15(3)26(24-13)12-16-5-8-18(21)9-6-16/h5-11H,12H2,1-4H3,(H,23,27)/b10-7+. The van der Waals surface area contributed by atoms with Crippen LogP contribution >= 0.6 is 0 Å². The van der Waals surface area contributed by atoms with Crippen molar-refractivity contribution in [3.05, 3.63) is 70.6 Å². The predicted molar refractivity (Wildman–Crippen MR) is 103 cm³/mol. The number of anilines is 1. The van der Waals surface area contributed by atoms with Crippen molar-refractivity contribution in [1.82, 2.24) is 19.6 Å². The van der Waals surface area contributed by atoms with Crippen LogP contribution in [-0.2, 0) is 18.4 Å². The van der Waals surface area contributed by atoms with E-state index in [1.807, 2.05) is 27.8 Å². The molecular formula is C20H22FN5O. The summed E-state index contributed by atoms with van der Waals surface area (Å²) in [5.41, 5.74) is 5.08. The number of halogens is 1. The zero-order valence-electron chi connectivity index (χ0n) is 15.8. The Kier molecular flexibility index (Phi) is 5.21. The molecule has 6 nitrogen and oxygen atoms in total. The first kappa shape index (κ1) is 18.6. The Labute approximate surface area is 157 Å². The van der Waals surface area contributed by atoms with Crippen molar-refractivity contribution >= 4 is 17.7 Å². The van der Waals surface area contributed by atoms with Crippen molar-refractivity contribution in [3.63, 3.8) is 0 Å². The third-order valence-electron chi connectivity index (χ3n) is 4.56. The van der Waals surface area contributed by atoms with Gasteiger partial charge in [0.15, 0.2) is 0 Å².